The van der Waals surface area contributed by atoms with E-state index in [0.29, 0.717) is 44.7 Å². The first-order valence-electron chi connectivity index (χ1n) is 8.42. The van der Waals surface area contributed by atoms with Gasteiger partial charge >= 0.3 is 0 Å². The van der Waals surface area contributed by atoms with Crippen LogP contribution in [-0.2, 0) is 33.5 Å². The van der Waals surface area contributed by atoms with Crippen LogP contribution in [0.4, 0.5) is 0 Å². The van der Waals surface area contributed by atoms with Crippen LogP contribution in [0.3, 0.4) is 0 Å². The van der Waals surface area contributed by atoms with Gasteiger partial charge in [-0.05, 0) is 24.0 Å². The molecule has 0 bridgehead atoms. The molecule has 0 amide bonds. The SMILES string of the molecule is COC1(c2noc(C3(O)CCc4ccccc4C3)n2)CCOCC1. The van der Waals surface area contributed by atoms with Crippen LogP contribution in [0.15, 0.2) is 28.8 Å². The monoisotopic (exact) mass is 330 g/mol. The summed E-state index contributed by atoms with van der Waals surface area (Å²) in [6, 6.07) is 8.18. The highest BCUT2D eigenvalue weighted by Gasteiger charge is 2.43. The summed E-state index contributed by atoms with van der Waals surface area (Å²) in [5.74, 6) is 0.797. The fourth-order valence-electron chi connectivity index (χ4n) is 3.72. The lowest BCUT2D eigenvalue weighted by Crippen LogP contribution is -2.37. The molecule has 1 aromatic carbocycles. The van der Waals surface area contributed by atoms with E-state index in [4.69, 9.17) is 14.0 Å². The summed E-state index contributed by atoms with van der Waals surface area (Å²) in [6.45, 7) is 1.21. The molecule has 1 atom stereocenters. The maximum atomic E-state index is 11.1. The molecule has 4 rings (SSSR count). The minimum absolute atomic E-state index is 0.287. The van der Waals surface area contributed by atoms with Crippen molar-refractivity contribution >= 4 is 0 Å². The molecule has 0 saturated carbocycles. The minimum Gasteiger partial charge on any atom is -0.381 e. The standard InChI is InChI=1S/C18H22N2O4/c1-22-18(8-10-23-11-9-18)15-19-16(24-20-15)17(21)7-6-13-4-2-3-5-14(13)12-17/h2-5,21H,6-12H2,1H3. The first kappa shape index (κ1) is 15.7. The van der Waals surface area contributed by atoms with E-state index in [9.17, 15) is 5.11 Å². The van der Waals surface area contributed by atoms with Gasteiger partial charge in [0.1, 0.15) is 11.2 Å². The highest BCUT2D eigenvalue weighted by molar-refractivity contribution is 5.32. The molecule has 0 radical (unpaired) electrons. The van der Waals surface area contributed by atoms with Crippen molar-refractivity contribution in [1.82, 2.24) is 10.1 Å². The number of rotatable bonds is 3. The zero-order chi connectivity index (χ0) is 16.6. The van der Waals surface area contributed by atoms with Crippen molar-refractivity contribution in [3.63, 3.8) is 0 Å². The number of hydrogen-bond donors (Lipinski definition) is 1. The summed E-state index contributed by atoms with van der Waals surface area (Å²) in [7, 11) is 1.66. The van der Waals surface area contributed by atoms with Crippen molar-refractivity contribution in [3.8, 4) is 0 Å². The van der Waals surface area contributed by atoms with Crippen LogP contribution < -0.4 is 0 Å². The lowest BCUT2D eigenvalue weighted by Gasteiger charge is -2.33. The Labute approximate surface area is 140 Å². The molecule has 2 aliphatic rings. The molecule has 6 nitrogen and oxygen atoms in total. The molecule has 24 heavy (non-hydrogen) atoms. The Balaban J connectivity index is 1.63. The number of aryl methyl sites for hydroxylation is 1. The fraction of sp³-hybridized carbons (Fsp3) is 0.556. The normalized spacial score (nSPS) is 26.1. The zero-order valence-electron chi connectivity index (χ0n) is 13.8. The van der Waals surface area contributed by atoms with Crippen LogP contribution >= 0.6 is 0 Å². The molecule has 1 aliphatic carbocycles. The third-order valence-corrected chi connectivity index (χ3v) is 5.33. The summed E-state index contributed by atoms with van der Waals surface area (Å²) in [4.78, 5) is 4.54. The van der Waals surface area contributed by atoms with Gasteiger partial charge in [0.05, 0.1) is 0 Å². The number of benzene rings is 1. The van der Waals surface area contributed by atoms with Crippen LogP contribution in [0.2, 0.25) is 0 Å². The van der Waals surface area contributed by atoms with Crippen LogP contribution in [0.5, 0.6) is 0 Å². The predicted octanol–water partition coefficient (Wildman–Crippen LogP) is 2.10. The first-order valence-corrected chi connectivity index (χ1v) is 8.42. The number of methoxy groups -OCH3 is 1. The Morgan fingerprint density at radius 1 is 1.12 bits per heavy atom. The maximum absolute atomic E-state index is 11.1. The number of aromatic nitrogens is 2. The van der Waals surface area contributed by atoms with Crippen molar-refractivity contribution in [2.45, 2.75) is 43.3 Å². The molecule has 1 fully saturated rings. The zero-order valence-corrected chi connectivity index (χ0v) is 13.8. The van der Waals surface area contributed by atoms with Crippen molar-refractivity contribution in [3.05, 3.63) is 47.1 Å². The molecule has 1 saturated heterocycles. The summed E-state index contributed by atoms with van der Waals surface area (Å²) in [5, 5.41) is 15.2. The average Bonchev–Trinajstić information content (AvgIpc) is 3.14. The number of nitrogens with zero attached hydrogens (tertiary/aromatic N) is 2. The smallest absolute Gasteiger partial charge is 0.259 e. The molecule has 1 unspecified atom stereocenters. The van der Waals surface area contributed by atoms with E-state index >= 15 is 0 Å². The fourth-order valence-corrected chi connectivity index (χ4v) is 3.72. The van der Waals surface area contributed by atoms with E-state index in [1.165, 1.54) is 5.56 Å². The number of fused-ring (bicyclic) bond motifs is 1. The maximum Gasteiger partial charge on any atom is 0.259 e. The van der Waals surface area contributed by atoms with Crippen LogP contribution in [0.25, 0.3) is 0 Å². The number of ether oxygens (including phenoxy) is 2. The van der Waals surface area contributed by atoms with Gasteiger partial charge in [-0.1, -0.05) is 29.4 Å². The molecule has 0 spiro atoms. The second-order valence-corrected chi connectivity index (χ2v) is 6.71. The lowest BCUT2D eigenvalue weighted by atomic mass is 9.80. The minimum atomic E-state index is -1.11. The van der Waals surface area contributed by atoms with E-state index in [1.54, 1.807) is 7.11 Å². The van der Waals surface area contributed by atoms with Crippen molar-refractivity contribution in [1.29, 1.82) is 0 Å². The number of aliphatic hydroxyl groups is 1. The van der Waals surface area contributed by atoms with Gasteiger partial charge in [-0.3, -0.25) is 0 Å². The predicted molar refractivity (Wildman–Crippen MR) is 85.4 cm³/mol. The topological polar surface area (TPSA) is 77.6 Å². The molecule has 1 N–H and O–H groups in total. The van der Waals surface area contributed by atoms with Gasteiger partial charge in [0, 0.05) is 39.6 Å². The van der Waals surface area contributed by atoms with E-state index < -0.39 is 11.2 Å². The van der Waals surface area contributed by atoms with Crippen LogP contribution in [0.1, 0.15) is 42.1 Å². The van der Waals surface area contributed by atoms with Gasteiger partial charge in [0.2, 0.25) is 5.82 Å². The van der Waals surface area contributed by atoms with Crippen LogP contribution in [0, 0.1) is 0 Å². The lowest BCUT2D eigenvalue weighted by molar-refractivity contribution is -0.101. The third-order valence-electron chi connectivity index (χ3n) is 5.33. The number of hydrogen-bond acceptors (Lipinski definition) is 6. The Morgan fingerprint density at radius 2 is 1.88 bits per heavy atom. The molecule has 1 aromatic heterocycles. The van der Waals surface area contributed by atoms with E-state index in [1.807, 2.05) is 18.2 Å². The molecule has 1 aliphatic heterocycles. The second-order valence-electron chi connectivity index (χ2n) is 6.71. The third kappa shape index (κ3) is 2.55. The highest BCUT2D eigenvalue weighted by Crippen LogP contribution is 2.38. The Bertz CT molecular complexity index is 723. The summed E-state index contributed by atoms with van der Waals surface area (Å²) >= 11 is 0. The van der Waals surface area contributed by atoms with Crippen molar-refractivity contribution in [2.75, 3.05) is 20.3 Å². The van der Waals surface area contributed by atoms with Gasteiger partial charge in [0.25, 0.3) is 5.89 Å². The molecule has 6 heteroatoms. The van der Waals surface area contributed by atoms with Crippen molar-refractivity contribution < 1.29 is 19.1 Å². The Morgan fingerprint density at radius 3 is 2.62 bits per heavy atom. The van der Waals surface area contributed by atoms with E-state index in [2.05, 4.69) is 16.2 Å². The van der Waals surface area contributed by atoms with E-state index in [-0.39, 0.29) is 5.89 Å². The molecule has 2 heterocycles. The molecular weight excluding hydrogens is 308 g/mol. The van der Waals surface area contributed by atoms with Gasteiger partial charge in [-0.25, -0.2) is 0 Å². The molecule has 128 valence electrons. The van der Waals surface area contributed by atoms with Gasteiger partial charge in [0.15, 0.2) is 0 Å². The summed E-state index contributed by atoms with van der Waals surface area (Å²) in [6.07, 6.45) is 3.24. The molecular formula is C18H22N2O4. The summed E-state index contributed by atoms with van der Waals surface area (Å²) < 4.78 is 16.6. The van der Waals surface area contributed by atoms with Crippen LogP contribution in [-0.4, -0.2) is 35.6 Å². The Kier molecular flexibility index (Phi) is 3.90. The Hall–Kier alpha value is -1.76. The summed E-state index contributed by atoms with van der Waals surface area (Å²) in [5.41, 5.74) is 0.723. The largest absolute Gasteiger partial charge is 0.381 e. The molecule has 2 aromatic rings. The average molecular weight is 330 g/mol. The van der Waals surface area contributed by atoms with Gasteiger partial charge in [-0.15, -0.1) is 0 Å². The quantitative estimate of drug-likeness (QED) is 0.928. The van der Waals surface area contributed by atoms with Crippen molar-refractivity contribution in [2.24, 2.45) is 0 Å². The first-order chi connectivity index (χ1) is 11.7. The second kappa shape index (κ2) is 5.95. The van der Waals surface area contributed by atoms with E-state index in [0.717, 1.165) is 12.0 Å². The van der Waals surface area contributed by atoms with Gasteiger partial charge < -0.3 is 19.1 Å². The highest BCUT2D eigenvalue weighted by atomic mass is 16.5. The van der Waals surface area contributed by atoms with Gasteiger partial charge in [-0.2, -0.15) is 4.98 Å².